The minimum Gasteiger partial charge on any atom is -0.491 e. The molecule has 1 fully saturated rings. The Morgan fingerprint density at radius 1 is 1.03 bits per heavy atom. The molecule has 0 amide bonds. The quantitative estimate of drug-likeness (QED) is 0.365. The predicted octanol–water partition coefficient (Wildman–Crippen LogP) is 4.50. The summed E-state index contributed by atoms with van der Waals surface area (Å²) in [5.41, 5.74) is 0.297. The highest BCUT2D eigenvalue weighted by molar-refractivity contribution is 5.81. The van der Waals surface area contributed by atoms with E-state index in [4.69, 9.17) is 19.6 Å². The largest absolute Gasteiger partial charge is 0.491 e. The number of nitrogens with zero attached hydrogens (tertiary/aromatic N) is 2. The normalized spacial score (nSPS) is 15.6. The second-order valence-electron chi connectivity index (χ2n) is 9.01. The maximum Gasteiger partial charge on any atom is 0.261 e. The van der Waals surface area contributed by atoms with E-state index in [-0.39, 0.29) is 47.6 Å². The van der Waals surface area contributed by atoms with Gasteiger partial charge in [0.05, 0.1) is 23.1 Å². The van der Waals surface area contributed by atoms with Crippen molar-refractivity contribution in [2.24, 2.45) is 5.92 Å². The van der Waals surface area contributed by atoms with E-state index in [9.17, 15) is 9.18 Å². The fraction of sp³-hybridized carbons (Fsp3) is 0.286. The number of rotatable bonds is 8. The summed E-state index contributed by atoms with van der Waals surface area (Å²) < 4.78 is 41.2. The van der Waals surface area contributed by atoms with E-state index < -0.39 is 5.82 Å². The second kappa shape index (κ2) is 11.1. The maximum absolute atomic E-state index is 15.2. The first-order valence-electron chi connectivity index (χ1n) is 12.2. The highest BCUT2D eigenvalue weighted by atomic mass is 19.1. The molecule has 7 nitrogen and oxygen atoms in total. The molecule has 1 aliphatic rings. The molecular formula is C28H27F2N3O4. The zero-order chi connectivity index (χ0) is 25.8. The monoisotopic (exact) mass is 507 g/mol. The number of ether oxygens (including phenoxy) is 2. The molecule has 1 saturated heterocycles. The highest BCUT2D eigenvalue weighted by Crippen LogP contribution is 2.29. The Labute approximate surface area is 212 Å². The van der Waals surface area contributed by atoms with Crippen molar-refractivity contribution < 1.29 is 23.4 Å². The summed E-state index contributed by atoms with van der Waals surface area (Å²) in [7, 11) is 0. The Balaban J connectivity index is 1.58. The van der Waals surface area contributed by atoms with Crippen LogP contribution in [0.5, 0.6) is 17.2 Å². The fourth-order valence-electron chi connectivity index (χ4n) is 4.55. The van der Waals surface area contributed by atoms with E-state index >= 15 is 4.39 Å². The van der Waals surface area contributed by atoms with E-state index in [1.165, 1.54) is 41.0 Å². The van der Waals surface area contributed by atoms with Gasteiger partial charge in [-0.3, -0.25) is 9.36 Å². The fourth-order valence-corrected chi connectivity index (χ4v) is 4.55. The number of nitrogens with one attached hydrogen (secondary N) is 1. The van der Waals surface area contributed by atoms with Crippen LogP contribution in [0.25, 0.3) is 22.3 Å². The van der Waals surface area contributed by atoms with Crippen LogP contribution in [0.1, 0.15) is 12.8 Å². The van der Waals surface area contributed by atoms with Crippen LogP contribution in [-0.4, -0.2) is 41.0 Å². The Morgan fingerprint density at radius 2 is 1.81 bits per heavy atom. The molecule has 37 heavy (non-hydrogen) atoms. The van der Waals surface area contributed by atoms with Gasteiger partial charge in [-0.15, -0.1) is 0 Å². The van der Waals surface area contributed by atoms with Crippen molar-refractivity contribution in [3.8, 4) is 28.6 Å². The number of aliphatic hydroxyl groups is 1. The molecule has 0 saturated carbocycles. The Hall–Kier alpha value is -3.82. The zero-order valence-electron chi connectivity index (χ0n) is 20.1. The van der Waals surface area contributed by atoms with Crippen LogP contribution in [0, 0.1) is 17.6 Å². The van der Waals surface area contributed by atoms with Gasteiger partial charge in [0.1, 0.15) is 41.3 Å². The SMILES string of the molecule is O=c1c2cc(Oc3ccc(F)cc3)ccc2nc(-c2ccc(OCCO)cc2F)n1C[C@H]1CCCNC1. The minimum atomic E-state index is -0.575. The number of hydrogen-bond donors (Lipinski definition) is 2. The Kier molecular flexibility index (Phi) is 7.43. The molecule has 0 unspecified atom stereocenters. The van der Waals surface area contributed by atoms with E-state index in [1.807, 2.05) is 0 Å². The summed E-state index contributed by atoms with van der Waals surface area (Å²) in [5, 5.41) is 12.7. The molecule has 9 heteroatoms. The lowest BCUT2D eigenvalue weighted by atomic mass is 9.99. The molecule has 1 aliphatic heterocycles. The lowest BCUT2D eigenvalue weighted by Gasteiger charge is -2.25. The smallest absolute Gasteiger partial charge is 0.261 e. The number of benzene rings is 3. The Bertz CT molecular complexity index is 1450. The molecule has 0 bridgehead atoms. The van der Waals surface area contributed by atoms with E-state index in [0.29, 0.717) is 28.9 Å². The van der Waals surface area contributed by atoms with Gasteiger partial charge in [-0.2, -0.15) is 0 Å². The van der Waals surface area contributed by atoms with Crippen molar-refractivity contribution in [3.05, 3.63) is 82.7 Å². The van der Waals surface area contributed by atoms with Gasteiger partial charge in [0.25, 0.3) is 5.56 Å². The topological polar surface area (TPSA) is 85.6 Å². The van der Waals surface area contributed by atoms with Gasteiger partial charge >= 0.3 is 0 Å². The van der Waals surface area contributed by atoms with Crippen molar-refractivity contribution in [1.82, 2.24) is 14.9 Å². The first-order chi connectivity index (χ1) is 18.0. The molecule has 0 radical (unpaired) electrons. The number of hydrogen-bond acceptors (Lipinski definition) is 6. The lowest BCUT2D eigenvalue weighted by Crippen LogP contribution is -2.35. The van der Waals surface area contributed by atoms with Gasteiger partial charge in [-0.1, -0.05) is 0 Å². The molecule has 1 aromatic heterocycles. The summed E-state index contributed by atoms with van der Waals surface area (Å²) in [6, 6.07) is 14.9. The molecule has 2 heterocycles. The van der Waals surface area contributed by atoms with E-state index in [0.717, 1.165) is 25.9 Å². The van der Waals surface area contributed by atoms with Crippen molar-refractivity contribution in [2.45, 2.75) is 19.4 Å². The molecule has 2 N–H and O–H groups in total. The third kappa shape index (κ3) is 5.63. The highest BCUT2D eigenvalue weighted by Gasteiger charge is 2.21. The summed E-state index contributed by atoms with van der Waals surface area (Å²) in [4.78, 5) is 18.5. The van der Waals surface area contributed by atoms with Crippen molar-refractivity contribution in [2.75, 3.05) is 26.3 Å². The van der Waals surface area contributed by atoms with E-state index in [2.05, 4.69) is 5.32 Å². The summed E-state index contributed by atoms with van der Waals surface area (Å²) in [6.45, 7) is 1.94. The van der Waals surface area contributed by atoms with Crippen molar-refractivity contribution in [3.63, 3.8) is 0 Å². The lowest BCUT2D eigenvalue weighted by molar-refractivity contribution is 0.201. The van der Waals surface area contributed by atoms with Gasteiger partial charge in [-0.05, 0) is 86.4 Å². The van der Waals surface area contributed by atoms with Gasteiger partial charge in [-0.25, -0.2) is 13.8 Å². The van der Waals surface area contributed by atoms with Gasteiger partial charge < -0.3 is 19.9 Å². The molecule has 5 rings (SSSR count). The van der Waals surface area contributed by atoms with Crippen LogP contribution in [0.3, 0.4) is 0 Å². The third-order valence-corrected chi connectivity index (χ3v) is 6.36. The molecule has 0 aliphatic carbocycles. The average Bonchev–Trinajstić information content (AvgIpc) is 2.91. The van der Waals surface area contributed by atoms with Crippen LogP contribution in [0.4, 0.5) is 8.78 Å². The molecule has 192 valence electrons. The number of aromatic nitrogens is 2. The first-order valence-corrected chi connectivity index (χ1v) is 12.2. The van der Waals surface area contributed by atoms with E-state index in [1.54, 1.807) is 24.3 Å². The molecular weight excluding hydrogens is 480 g/mol. The van der Waals surface area contributed by atoms with Gasteiger partial charge in [0, 0.05) is 12.6 Å². The minimum absolute atomic E-state index is 0.0503. The van der Waals surface area contributed by atoms with Gasteiger partial charge in [0.2, 0.25) is 0 Å². The Morgan fingerprint density at radius 3 is 2.54 bits per heavy atom. The average molecular weight is 508 g/mol. The molecule has 3 aromatic carbocycles. The summed E-state index contributed by atoms with van der Waals surface area (Å²) in [6.07, 6.45) is 1.94. The number of halogens is 2. The summed E-state index contributed by atoms with van der Waals surface area (Å²) in [5.74, 6) is 0.609. The van der Waals surface area contributed by atoms with Crippen LogP contribution in [-0.2, 0) is 6.54 Å². The van der Waals surface area contributed by atoms with Crippen LogP contribution < -0.4 is 20.3 Å². The number of piperidine rings is 1. The summed E-state index contributed by atoms with van der Waals surface area (Å²) >= 11 is 0. The van der Waals surface area contributed by atoms with Crippen LogP contribution >= 0.6 is 0 Å². The molecule has 0 spiro atoms. The molecule has 1 atom stereocenters. The number of fused-ring (bicyclic) bond motifs is 1. The third-order valence-electron chi connectivity index (χ3n) is 6.36. The maximum atomic E-state index is 15.2. The second-order valence-corrected chi connectivity index (χ2v) is 9.01. The van der Waals surface area contributed by atoms with Crippen LogP contribution in [0.15, 0.2) is 65.5 Å². The zero-order valence-corrected chi connectivity index (χ0v) is 20.1. The van der Waals surface area contributed by atoms with Gasteiger partial charge in [0.15, 0.2) is 0 Å². The number of aliphatic hydroxyl groups excluding tert-OH is 1. The molecule has 4 aromatic rings. The predicted molar refractivity (Wildman–Crippen MR) is 136 cm³/mol. The van der Waals surface area contributed by atoms with Crippen molar-refractivity contribution in [1.29, 1.82) is 0 Å². The standard InChI is InChI=1S/C28H27F2N3O4/c29-19-3-5-20(6-4-19)37-22-8-10-26-24(14-22)28(35)33(17-18-2-1-11-31-16-18)27(32-26)23-9-7-21(15-25(23)30)36-13-12-34/h3-10,14-15,18,31,34H,1-2,11-13,16-17H2/t18-/m0/s1. The van der Waals surface area contributed by atoms with Crippen LogP contribution in [0.2, 0.25) is 0 Å². The first kappa shape index (κ1) is 24.9. The van der Waals surface area contributed by atoms with Crippen molar-refractivity contribution >= 4 is 10.9 Å².